The fraction of sp³-hybridized carbons (Fsp3) is 0. The first kappa shape index (κ1) is 10.4. The molecule has 76 valence electrons. The minimum Gasteiger partial charge on any atom is -0.477 e. The summed E-state index contributed by atoms with van der Waals surface area (Å²) in [5, 5.41) is 10.6. The second kappa shape index (κ2) is 4.16. The van der Waals surface area contributed by atoms with E-state index in [4.69, 9.17) is 5.11 Å². The summed E-state index contributed by atoms with van der Waals surface area (Å²) in [6.45, 7) is 0. The number of hydrogen-bond acceptors (Lipinski definition) is 2. The van der Waals surface area contributed by atoms with Crippen molar-refractivity contribution in [2.75, 3.05) is 0 Å². The second-order valence-corrected chi connectivity index (χ2v) is 4.84. The third-order valence-corrected chi connectivity index (χ3v) is 3.43. The smallest absolute Gasteiger partial charge is 0.345 e. The molecule has 0 amide bonds. The highest BCUT2D eigenvalue weighted by atomic mass is 79.9. The van der Waals surface area contributed by atoms with E-state index in [0.29, 0.717) is 4.88 Å². The van der Waals surface area contributed by atoms with Crippen molar-refractivity contribution in [3.63, 3.8) is 0 Å². The maximum absolute atomic E-state index is 10.7. The lowest BCUT2D eigenvalue weighted by Gasteiger charge is -1.96. The van der Waals surface area contributed by atoms with Crippen LogP contribution in [0.1, 0.15) is 9.67 Å². The van der Waals surface area contributed by atoms with Crippen molar-refractivity contribution in [3.8, 4) is 11.1 Å². The van der Waals surface area contributed by atoms with Gasteiger partial charge < -0.3 is 5.11 Å². The summed E-state index contributed by atoms with van der Waals surface area (Å²) >= 11 is 4.60. The summed E-state index contributed by atoms with van der Waals surface area (Å²) in [6, 6.07) is 9.48. The van der Waals surface area contributed by atoms with Crippen LogP contribution in [0, 0.1) is 0 Å². The Hall–Kier alpha value is -1.13. The minimum atomic E-state index is -0.872. The quantitative estimate of drug-likeness (QED) is 0.908. The van der Waals surface area contributed by atoms with Crippen LogP contribution in [-0.2, 0) is 0 Å². The van der Waals surface area contributed by atoms with Crippen LogP contribution in [0.4, 0.5) is 0 Å². The van der Waals surface area contributed by atoms with E-state index in [1.54, 1.807) is 6.07 Å². The lowest BCUT2D eigenvalue weighted by Crippen LogP contribution is -1.89. The van der Waals surface area contributed by atoms with Gasteiger partial charge in [-0.1, -0.05) is 28.1 Å². The molecule has 4 heteroatoms. The van der Waals surface area contributed by atoms with E-state index in [0.717, 1.165) is 15.6 Å². The summed E-state index contributed by atoms with van der Waals surface area (Å²) in [7, 11) is 0. The SMILES string of the molecule is O=C(O)c1cc(-c2ccc(Br)cc2)cs1. The van der Waals surface area contributed by atoms with Crippen molar-refractivity contribution in [3.05, 3.63) is 45.1 Å². The van der Waals surface area contributed by atoms with Gasteiger partial charge in [-0.2, -0.15) is 0 Å². The first-order valence-corrected chi connectivity index (χ1v) is 5.92. The van der Waals surface area contributed by atoms with Crippen LogP contribution in [0.2, 0.25) is 0 Å². The van der Waals surface area contributed by atoms with Gasteiger partial charge in [0.05, 0.1) is 0 Å². The van der Waals surface area contributed by atoms with E-state index in [2.05, 4.69) is 15.9 Å². The van der Waals surface area contributed by atoms with Crippen LogP contribution in [-0.4, -0.2) is 11.1 Å². The second-order valence-electron chi connectivity index (χ2n) is 3.01. The highest BCUT2D eigenvalue weighted by molar-refractivity contribution is 9.10. The van der Waals surface area contributed by atoms with Crippen molar-refractivity contribution in [1.29, 1.82) is 0 Å². The summed E-state index contributed by atoms with van der Waals surface area (Å²) in [6.07, 6.45) is 0. The molecule has 1 aromatic heterocycles. The van der Waals surface area contributed by atoms with Crippen molar-refractivity contribution >= 4 is 33.2 Å². The van der Waals surface area contributed by atoms with Crippen LogP contribution < -0.4 is 0 Å². The van der Waals surface area contributed by atoms with E-state index in [1.165, 1.54) is 11.3 Å². The van der Waals surface area contributed by atoms with Crippen molar-refractivity contribution in [2.24, 2.45) is 0 Å². The van der Waals surface area contributed by atoms with Crippen LogP contribution in [0.3, 0.4) is 0 Å². The van der Waals surface area contributed by atoms with Crippen molar-refractivity contribution in [2.45, 2.75) is 0 Å². The Morgan fingerprint density at radius 3 is 2.40 bits per heavy atom. The number of halogens is 1. The zero-order valence-corrected chi connectivity index (χ0v) is 10.0. The third kappa shape index (κ3) is 2.27. The van der Waals surface area contributed by atoms with Crippen LogP contribution >= 0.6 is 27.3 Å². The number of carbonyl (C=O) groups is 1. The Kier molecular flexibility index (Phi) is 2.88. The number of benzene rings is 1. The maximum Gasteiger partial charge on any atom is 0.345 e. The molecule has 0 spiro atoms. The highest BCUT2D eigenvalue weighted by Crippen LogP contribution is 2.26. The molecule has 2 rings (SSSR count). The molecular weight excluding hydrogens is 276 g/mol. The Balaban J connectivity index is 2.37. The van der Waals surface area contributed by atoms with E-state index >= 15 is 0 Å². The van der Waals surface area contributed by atoms with Gasteiger partial charge in [-0.05, 0) is 34.7 Å². The normalized spacial score (nSPS) is 10.2. The molecule has 0 saturated carbocycles. The molecule has 0 atom stereocenters. The number of rotatable bonds is 2. The molecule has 0 bridgehead atoms. The molecule has 1 N–H and O–H groups in total. The van der Waals surface area contributed by atoms with Gasteiger partial charge in [-0.3, -0.25) is 0 Å². The van der Waals surface area contributed by atoms with Crippen LogP contribution in [0.25, 0.3) is 11.1 Å². The lowest BCUT2D eigenvalue weighted by atomic mass is 10.1. The molecule has 2 nitrogen and oxygen atoms in total. The molecule has 0 radical (unpaired) electrons. The van der Waals surface area contributed by atoms with Crippen molar-refractivity contribution < 1.29 is 9.90 Å². The molecule has 0 aliphatic rings. The Bertz CT molecular complexity index is 488. The van der Waals surface area contributed by atoms with Gasteiger partial charge in [-0.25, -0.2) is 4.79 Å². The summed E-state index contributed by atoms with van der Waals surface area (Å²) in [5.74, 6) is -0.872. The Labute approximate surface area is 99.3 Å². The zero-order chi connectivity index (χ0) is 10.8. The lowest BCUT2D eigenvalue weighted by molar-refractivity contribution is 0.0702. The monoisotopic (exact) mass is 282 g/mol. The molecule has 0 aliphatic carbocycles. The number of carboxylic acid groups (broad SMARTS) is 1. The standard InChI is InChI=1S/C11H7BrO2S/c12-9-3-1-7(2-4-9)8-5-10(11(13)14)15-6-8/h1-6H,(H,13,14). The molecule has 0 saturated heterocycles. The van der Waals surface area contributed by atoms with Crippen molar-refractivity contribution in [1.82, 2.24) is 0 Å². The topological polar surface area (TPSA) is 37.3 Å². The van der Waals surface area contributed by atoms with Gasteiger partial charge in [0.25, 0.3) is 0 Å². The number of aromatic carboxylic acids is 1. The number of carboxylic acids is 1. The molecule has 2 aromatic rings. The van der Waals surface area contributed by atoms with Gasteiger partial charge in [0, 0.05) is 4.47 Å². The average molecular weight is 283 g/mol. The Morgan fingerprint density at radius 2 is 1.87 bits per heavy atom. The zero-order valence-electron chi connectivity index (χ0n) is 7.61. The molecule has 0 unspecified atom stereocenters. The van der Waals surface area contributed by atoms with E-state index in [1.807, 2.05) is 29.6 Å². The van der Waals surface area contributed by atoms with Gasteiger partial charge in [-0.15, -0.1) is 11.3 Å². The fourth-order valence-electron chi connectivity index (χ4n) is 1.24. The van der Waals surface area contributed by atoms with Crippen LogP contribution in [0.15, 0.2) is 40.2 Å². The largest absolute Gasteiger partial charge is 0.477 e. The van der Waals surface area contributed by atoms with Crippen LogP contribution in [0.5, 0.6) is 0 Å². The average Bonchev–Trinajstić information content (AvgIpc) is 2.68. The first-order chi connectivity index (χ1) is 7.16. The highest BCUT2D eigenvalue weighted by Gasteiger charge is 2.07. The summed E-state index contributed by atoms with van der Waals surface area (Å²) < 4.78 is 1.01. The van der Waals surface area contributed by atoms with Gasteiger partial charge in [0.2, 0.25) is 0 Å². The maximum atomic E-state index is 10.7. The molecule has 15 heavy (non-hydrogen) atoms. The summed E-state index contributed by atoms with van der Waals surface area (Å²) in [5.41, 5.74) is 1.98. The molecule has 1 aromatic carbocycles. The van der Waals surface area contributed by atoms with Gasteiger partial charge in [0.15, 0.2) is 0 Å². The Morgan fingerprint density at radius 1 is 1.20 bits per heavy atom. The number of hydrogen-bond donors (Lipinski definition) is 1. The fourth-order valence-corrected chi connectivity index (χ4v) is 2.26. The molecule has 1 heterocycles. The van der Waals surface area contributed by atoms with Gasteiger partial charge in [0.1, 0.15) is 4.88 Å². The number of thiophene rings is 1. The minimum absolute atomic E-state index is 0.368. The van der Waals surface area contributed by atoms with E-state index < -0.39 is 5.97 Å². The first-order valence-electron chi connectivity index (χ1n) is 4.24. The third-order valence-electron chi connectivity index (χ3n) is 1.99. The summed E-state index contributed by atoms with van der Waals surface area (Å²) in [4.78, 5) is 11.1. The van der Waals surface area contributed by atoms with Gasteiger partial charge >= 0.3 is 5.97 Å². The van der Waals surface area contributed by atoms with E-state index in [-0.39, 0.29) is 0 Å². The van der Waals surface area contributed by atoms with E-state index in [9.17, 15) is 4.79 Å². The predicted molar refractivity (Wildman–Crippen MR) is 64.4 cm³/mol. The molecule has 0 fully saturated rings. The predicted octanol–water partition coefficient (Wildman–Crippen LogP) is 3.88. The molecule has 0 aliphatic heterocycles. The molecular formula is C11H7BrO2S.